The van der Waals surface area contributed by atoms with E-state index in [9.17, 15) is 4.79 Å². The van der Waals surface area contributed by atoms with Crippen molar-refractivity contribution >= 4 is 21.8 Å². The summed E-state index contributed by atoms with van der Waals surface area (Å²) in [6.45, 7) is 5.43. The number of hydrogen-bond acceptors (Lipinski definition) is 4. The Kier molecular flexibility index (Phi) is 5.90. The van der Waals surface area contributed by atoms with E-state index in [0.717, 1.165) is 34.4 Å². The number of carbonyl (C=O) groups is 1. The Labute approximate surface area is 145 Å². The Hall–Kier alpha value is -1.73. The Bertz CT molecular complexity index is 696. The van der Waals surface area contributed by atoms with Crippen LogP contribution in [-0.4, -0.2) is 53.0 Å². The fraction of sp³-hybridized carbons (Fsp3) is 0.438. The van der Waals surface area contributed by atoms with E-state index in [4.69, 9.17) is 0 Å². The number of hydrogen-bond donors (Lipinski definition) is 1. The summed E-state index contributed by atoms with van der Waals surface area (Å²) in [5, 5.41) is 11.0. The van der Waals surface area contributed by atoms with E-state index in [2.05, 4.69) is 36.5 Å². The van der Waals surface area contributed by atoms with Gasteiger partial charge in [-0.05, 0) is 64.7 Å². The molecule has 2 aromatic rings. The SMILES string of the molecule is Cc1cc(-n2nnc(C(=O)NCCCN(C)C)c2C)ccc1Br. The Balaban J connectivity index is 2.09. The lowest BCUT2D eigenvalue weighted by Crippen LogP contribution is -2.28. The average molecular weight is 380 g/mol. The topological polar surface area (TPSA) is 63.1 Å². The van der Waals surface area contributed by atoms with E-state index in [0.29, 0.717) is 12.2 Å². The second-order valence-electron chi connectivity index (χ2n) is 5.78. The van der Waals surface area contributed by atoms with Crippen LogP contribution in [0, 0.1) is 13.8 Å². The minimum absolute atomic E-state index is 0.179. The van der Waals surface area contributed by atoms with E-state index in [-0.39, 0.29) is 5.91 Å². The summed E-state index contributed by atoms with van der Waals surface area (Å²) < 4.78 is 2.73. The van der Waals surface area contributed by atoms with Gasteiger partial charge in [0.05, 0.1) is 11.4 Å². The predicted molar refractivity (Wildman–Crippen MR) is 94.0 cm³/mol. The number of benzene rings is 1. The van der Waals surface area contributed by atoms with Crippen LogP contribution in [0.15, 0.2) is 22.7 Å². The zero-order valence-electron chi connectivity index (χ0n) is 13.9. The molecule has 1 aromatic heterocycles. The maximum Gasteiger partial charge on any atom is 0.273 e. The molecule has 0 aliphatic carbocycles. The Morgan fingerprint density at radius 1 is 1.35 bits per heavy atom. The molecule has 0 saturated heterocycles. The number of carbonyl (C=O) groups excluding carboxylic acids is 1. The third-order valence-corrected chi connectivity index (χ3v) is 4.45. The van der Waals surface area contributed by atoms with Crippen LogP contribution in [0.3, 0.4) is 0 Å². The second kappa shape index (κ2) is 7.70. The first-order chi connectivity index (χ1) is 10.9. The predicted octanol–water partition coefficient (Wildman–Crippen LogP) is 2.33. The molecule has 1 heterocycles. The van der Waals surface area contributed by atoms with Crippen LogP contribution in [0.25, 0.3) is 5.69 Å². The summed E-state index contributed by atoms with van der Waals surface area (Å²) in [6, 6.07) is 5.91. The molecule has 1 amide bonds. The van der Waals surface area contributed by atoms with Crippen LogP contribution < -0.4 is 5.32 Å². The number of aromatic nitrogens is 3. The van der Waals surface area contributed by atoms with Crippen molar-refractivity contribution in [2.75, 3.05) is 27.2 Å². The standard InChI is InChI=1S/C16H22BrN5O/c1-11-10-13(6-7-14(11)17)22-12(2)15(19-20-22)16(23)18-8-5-9-21(3)4/h6-7,10H,5,8-9H2,1-4H3,(H,18,23). The van der Waals surface area contributed by atoms with Crippen LogP contribution in [0.4, 0.5) is 0 Å². The Morgan fingerprint density at radius 3 is 2.74 bits per heavy atom. The van der Waals surface area contributed by atoms with Gasteiger partial charge in [0.25, 0.3) is 5.91 Å². The molecule has 0 spiro atoms. The molecule has 23 heavy (non-hydrogen) atoms. The molecule has 7 heteroatoms. The molecule has 6 nitrogen and oxygen atoms in total. The van der Waals surface area contributed by atoms with Gasteiger partial charge in [0.2, 0.25) is 0 Å². The van der Waals surface area contributed by atoms with E-state index < -0.39 is 0 Å². The molecular formula is C16H22BrN5O. The Morgan fingerprint density at radius 2 is 2.09 bits per heavy atom. The van der Waals surface area contributed by atoms with E-state index in [1.54, 1.807) is 4.68 Å². The molecule has 124 valence electrons. The summed E-state index contributed by atoms with van der Waals surface area (Å²) in [6.07, 6.45) is 0.901. The number of nitrogens with zero attached hydrogens (tertiary/aromatic N) is 4. The number of halogens is 1. The smallest absolute Gasteiger partial charge is 0.273 e. The zero-order valence-corrected chi connectivity index (χ0v) is 15.5. The molecule has 1 N–H and O–H groups in total. The molecule has 0 radical (unpaired) electrons. The van der Waals surface area contributed by atoms with Gasteiger partial charge in [-0.3, -0.25) is 4.79 Å². The number of amides is 1. The fourth-order valence-electron chi connectivity index (χ4n) is 2.23. The molecule has 1 aromatic carbocycles. The molecule has 0 aliphatic heterocycles. The fourth-order valence-corrected chi connectivity index (χ4v) is 2.47. The monoisotopic (exact) mass is 379 g/mol. The molecule has 0 saturated carbocycles. The first-order valence-corrected chi connectivity index (χ1v) is 8.31. The van der Waals surface area contributed by atoms with Crippen molar-refractivity contribution in [1.29, 1.82) is 0 Å². The van der Waals surface area contributed by atoms with Gasteiger partial charge in [0.1, 0.15) is 0 Å². The van der Waals surface area contributed by atoms with Crippen LogP contribution in [0.2, 0.25) is 0 Å². The van der Waals surface area contributed by atoms with Crippen molar-refractivity contribution in [3.8, 4) is 5.69 Å². The minimum Gasteiger partial charge on any atom is -0.351 e. The molecule has 0 bridgehead atoms. The number of rotatable bonds is 6. The zero-order chi connectivity index (χ0) is 17.0. The molecule has 0 fully saturated rings. The highest BCUT2D eigenvalue weighted by molar-refractivity contribution is 9.10. The molecule has 0 aliphatic rings. The van der Waals surface area contributed by atoms with E-state index >= 15 is 0 Å². The number of aryl methyl sites for hydroxylation is 1. The highest BCUT2D eigenvalue weighted by Crippen LogP contribution is 2.20. The lowest BCUT2D eigenvalue weighted by atomic mass is 10.2. The lowest BCUT2D eigenvalue weighted by molar-refractivity contribution is 0.0946. The van der Waals surface area contributed by atoms with Crippen molar-refractivity contribution in [2.24, 2.45) is 0 Å². The quantitative estimate of drug-likeness (QED) is 0.782. The number of nitrogens with one attached hydrogen (secondary N) is 1. The second-order valence-corrected chi connectivity index (χ2v) is 6.64. The van der Waals surface area contributed by atoms with Gasteiger partial charge >= 0.3 is 0 Å². The summed E-state index contributed by atoms with van der Waals surface area (Å²) >= 11 is 3.48. The molecule has 2 rings (SSSR count). The van der Waals surface area contributed by atoms with Crippen LogP contribution in [-0.2, 0) is 0 Å². The van der Waals surface area contributed by atoms with Gasteiger partial charge in [-0.25, -0.2) is 4.68 Å². The lowest BCUT2D eigenvalue weighted by Gasteiger charge is -2.09. The van der Waals surface area contributed by atoms with Crippen molar-refractivity contribution < 1.29 is 4.79 Å². The van der Waals surface area contributed by atoms with E-state index in [1.165, 1.54) is 0 Å². The third kappa shape index (κ3) is 4.39. The molecular weight excluding hydrogens is 358 g/mol. The van der Waals surface area contributed by atoms with Gasteiger partial charge in [-0.15, -0.1) is 5.10 Å². The van der Waals surface area contributed by atoms with E-state index in [1.807, 2.05) is 46.1 Å². The average Bonchev–Trinajstić information content (AvgIpc) is 2.88. The van der Waals surface area contributed by atoms with Crippen molar-refractivity contribution in [3.63, 3.8) is 0 Å². The van der Waals surface area contributed by atoms with Crippen LogP contribution in [0.1, 0.15) is 28.2 Å². The van der Waals surface area contributed by atoms with Gasteiger partial charge in [0, 0.05) is 11.0 Å². The van der Waals surface area contributed by atoms with Crippen molar-refractivity contribution in [1.82, 2.24) is 25.2 Å². The third-order valence-electron chi connectivity index (χ3n) is 3.56. The maximum atomic E-state index is 12.2. The van der Waals surface area contributed by atoms with Crippen LogP contribution in [0.5, 0.6) is 0 Å². The van der Waals surface area contributed by atoms with Gasteiger partial charge in [-0.1, -0.05) is 21.1 Å². The normalized spacial score (nSPS) is 11.0. The molecule has 0 atom stereocenters. The first kappa shape index (κ1) is 17.6. The highest BCUT2D eigenvalue weighted by Gasteiger charge is 2.17. The van der Waals surface area contributed by atoms with Gasteiger partial charge in [-0.2, -0.15) is 0 Å². The summed E-state index contributed by atoms with van der Waals surface area (Å²) in [5.74, 6) is -0.179. The van der Waals surface area contributed by atoms with Crippen molar-refractivity contribution in [2.45, 2.75) is 20.3 Å². The first-order valence-electron chi connectivity index (χ1n) is 7.52. The van der Waals surface area contributed by atoms with Gasteiger partial charge < -0.3 is 10.2 Å². The summed E-state index contributed by atoms with van der Waals surface area (Å²) in [4.78, 5) is 14.3. The summed E-state index contributed by atoms with van der Waals surface area (Å²) in [7, 11) is 4.02. The molecule has 0 unspecified atom stereocenters. The van der Waals surface area contributed by atoms with Crippen LogP contribution >= 0.6 is 15.9 Å². The largest absolute Gasteiger partial charge is 0.351 e. The van der Waals surface area contributed by atoms with Crippen molar-refractivity contribution in [3.05, 3.63) is 39.6 Å². The minimum atomic E-state index is -0.179. The summed E-state index contributed by atoms with van der Waals surface area (Å²) in [5.41, 5.74) is 3.10. The maximum absolute atomic E-state index is 12.2. The van der Waals surface area contributed by atoms with Gasteiger partial charge in [0.15, 0.2) is 5.69 Å². The highest BCUT2D eigenvalue weighted by atomic mass is 79.9.